The minimum absolute atomic E-state index is 0. The van der Waals surface area contributed by atoms with E-state index in [1.807, 2.05) is 0 Å². The number of carbonyl (C=O) groups excluding carboxylic acids is 1. The van der Waals surface area contributed by atoms with Crippen molar-refractivity contribution >= 4 is 18.3 Å². The lowest BCUT2D eigenvalue weighted by molar-refractivity contribution is -0.132. The Hall–Kier alpha value is -1.06. The molecule has 1 heterocycles. The molecule has 0 aromatic heterocycles. The van der Waals surface area contributed by atoms with Crippen LogP contribution in [0.2, 0.25) is 0 Å². The molecule has 1 aromatic carbocycles. The van der Waals surface area contributed by atoms with E-state index in [2.05, 4.69) is 42.3 Å². The van der Waals surface area contributed by atoms with Gasteiger partial charge in [-0.2, -0.15) is 0 Å². The lowest BCUT2D eigenvalue weighted by Crippen LogP contribution is -2.33. The molecular formula is C20H31ClN2O. The molecule has 0 atom stereocenters. The Kier molecular flexibility index (Phi) is 7.12. The van der Waals surface area contributed by atoms with Gasteiger partial charge in [-0.25, -0.2) is 0 Å². The average molecular weight is 351 g/mol. The molecule has 1 N–H and O–H groups in total. The molecule has 1 saturated carbocycles. The Bertz CT molecular complexity index is 551. The van der Waals surface area contributed by atoms with Gasteiger partial charge in [0.1, 0.15) is 0 Å². The molecule has 3 rings (SSSR count). The molecule has 0 spiro atoms. The maximum Gasteiger partial charge on any atom is 0.223 e. The molecule has 4 heteroatoms. The fourth-order valence-electron chi connectivity index (χ4n) is 3.55. The molecule has 134 valence electrons. The van der Waals surface area contributed by atoms with Crippen LogP contribution >= 0.6 is 12.4 Å². The summed E-state index contributed by atoms with van der Waals surface area (Å²) < 4.78 is 0. The van der Waals surface area contributed by atoms with E-state index >= 15 is 0 Å². The lowest BCUT2D eigenvalue weighted by Gasteiger charge is -2.26. The van der Waals surface area contributed by atoms with Gasteiger partial charge in [0, 0.05) is 19.0 Å². The molecule has 1 aromatic rings. The van der Waals surface area contributed by atoms with Crippen LogP contribution in [0.3, 0.4) is 0 Å². The molecule has 1 aliphatic heterocycles. The molecule has 0 unspecified atom stereocenters. The first-order valence-corrected chi connectivity index (χ1v) is 9.20. The number of carbonyl (C=O) groups is 1. The predicted octanol–water partition coefficient (Wildman–Crippen LogP) is 4.00. The van der Waals surface area contributed by atoms with Crippen LogP contribution in [-0.4, -0.2) is 29.9 Å². The summed E-state index contributed by atoms with van der Waals surface area (Å²) in [6, 6.07) is 7.09. The molecule has 24 heavy (non-hydrogen) atoms. The van der Waals surface area contributed by atoms with Crippen molar-refractivity contribution in [1.82, 2.24) is 10.2 Å². The summed E-state index contributed by atoms with van der Waals surface area (Å²) in [6.45, 7) is 7.32. The Morgan fingerprint density at radius 3 is 2.46 bits per heavy atom. The van der Waals surface area contributed by atoms with Crippen molar-refractivity contribution in [3.63, 3.8) is 0 Å². The first-order chi connectivity index (χ1) is 11.1. The number of piperidine rings is 1. The topological polar surface area (TPSA) is 32.3 Å². The summed E-state index contributed by atoms with van der Waals surface area (Å²) in [7, 11) is 0. The van der Waals surface area contributed by atoms with E-state index in [-0.39, 0.29) is 12.4 Å². The Morgan fingerprint density at radius 2 is 1.83 bits per heavy atom. The number of rotatable bonds is 6. The van der Waals surface area contributed by atoms with E-state index in [4.69, 9.17) is 0 Å². The minimum Gasteiger partial charge on any atom is -0.335 e. The van der Waals surface area contributed by atoms with Crippen LogP contribution in [0.4, 0.5) is 0 Å². The van der Waals surface area contributed by atoms with Crippen molar-refractivity contribution in [2.75, 3.05) is 13.1 Å². The van der Waals surface area contributed by atoms with Gasteiger partial charge in [0.2, 0.25) is 5.91 Å². The number of hydrogen-bond acceptors (Lipinski definition) is 2. The predicted molar refractivity (Wildman–Crippen MR) is 102 cm³/mol. The Morgan fingerprint density at radius 1 is 1.12 bits per heavy atom. The van der Waals surface area contributed by atoms with Crippen molar-refractivity contribution in [1.29, 1.82) is 0 Å². The number of halogens is 1. The lowest BCUT2D eigenvalue weighted by atomic mass is 9.93. The van der Waals surface area contributed by atoms with Crippen molar-refractivity contribution in [3.05, 3.63) is 34.9 Å². The number of nitrogens with zero attached hydrogens (tertiary/aromatic N) is 1. The van der Waals surface area contributed by atoms with Crippen molar-refractivity contribution < 1.29 is 4.79 Å². The van der Waals surface area contributed by atoms with Crippen LogP contribution in [0.15, 0.2) is 18.2 Å². The van der Waals surface area contributed by atoms with Crippen LogP contribution in [0.25, 0.3) is 0 Å². The number of nitrogens with one attached hydrogen (secondary N) is 1. The highest BCUT2D eigenvalue weighted by molar-refractivity contribution is 5.85. The Balaban J connectivity index is 0.00000208. The smallest absolute Gasteiger partial charge is 0.223 e. The highest BCUT2D eigenvalue weighted by atomic mass is 35.5. The van der Waals surface area contributed by atoms with Gasteiger partial charge in [-0.1, -0.05) is 18.2 Å². The summed E-state index contributed by atoms with van der Waals surface area (Å²) >= 11 is 0. The zero-order valence-electron chi connectivity index (χ0n) is 15.0. The number of amides is 1. The Labute approximate surface area is 152 Å². The van der Waals surface area contributed by atoms with Crippen molar-refractivity contribution in [2.24, 2.45) is 5.92 Å². The molecular weight excluding hydrogens is 320 g/mol. The molecule has 0 bridgehead atoms. The van der Waals surface area contributed by atoms with Gasteiger partial charge in [0.15, 0.2) is 0 Å². The second-order valence-electron chi connectivity index (χ2n) is 7.40. The third-order valence-corrected chi connectivity index (χ3v) is 5.46. The number of benzene rings is 1. The van der Waals surface area contributed by atoms with Crippen molar-refractivity contribution in [2.45, 2.75) is 65.0 Å². The van der Waals surface area contributed by atoms with Crippen molar-refractivity contribution in [3.8, 4) is 0 Å². The van der Waals surface area contributed by atoms with Crippen LogP contribution in [-0.2, 0) is 11.3 Å². The molecule has 1 amide bonds. The highest BCUT2D eigenvalue weighted by Gasteiger charge is 2.32. The molecule has 1 saturated heterocycles. The normalized spacial score (nSPS) is 18.1. The third kappa shape index (κ3) is 5.22. The van der Waals surface area contributed by atoms with Crippen LogP contribution in [0, 0.1) is 19.8 Å². The summed E-state index contributed by atoms with van der Waals surface area (Å²) in [5, 5.41) is 3.40. The van der Waals surface area contributed by atoms with Crippen LogP contribution in [0.5, 0.6) is 0 Å². The summed E-state index contributed by atoms with van der Waals surface area (Å²) in [5.41, 5.74) is 3.92. The fourth-order valence-corrected chi connectivity index (χ4v) is 3.55. The largest absolute Gasteiger partial charge is 0.335 e. The number of hydrogen-bond donors (Lipinski definition) is 1. The molecule has 2 aliphatic rings. The average Bonchev–Trinajstić information content (AvgIpc) is 3.39. The van der Waals surface area contributed by atoms with E-state index in [0.717, 1.165) is 38.4 Å². The van der Waals surface area contributed by atoms with Gasteiger partial charge in [-0.15, -0.1) is 12.4 Å². The van der Waals surface area contributed by atoms with E-state index in [1.54, 1.807) is 0 Å². The van der Waals surface area contributed by atoms with Gasteiger partial charge < -0.3 is 10.2 Å². The molecule has 2 fully saturated rings. The van der Waals surface area contributed by atoms with Crippen LogP contribution < -0.4 is 5.32 Å². The maximum absolute atomic E-state index is 12.7. The summed E-state index contributed by atoms with van der Waals surface area (Å²) in [5.74, 6) is 1.10. The van der Waals surface area contributed by atoms with E-state index in [9.17, 15) is 4.79 Å². The van der Waals surface area contributed by atoms with E-state index < -0.39 is 0 Å². The summed E-state index contributed by atoms with van der Waals surface area (Å²) in [4.78, 5) is 14.9. The fraction of sp³-hybridized carbons (Fsp3) is 0.650. The van der Waals surface area contributed by atoms with Gasteiger partial charge in [0.25, 0.3) is 0 Å². The monoisotopic (exact) mass is 350 g/mol. The zero-order chi connectivity index (χ0) is 16.2. The standard InChI is InChI=1S/C20H30N2O.ClH/c1-15-3-4-18(13-16(15)2)14-22(19-6-7-19)20(23)8-5-17-9-11-21-12-10-17;/h3-4,13,17,19,21H,5-12,14H2,1-2H3;1H. The minimum atomic E-state index is 0. The second kappa shape index (κ2) is 8.87. The van der Waals surface area contributed by atoms with Gasteiger partial charge in [0.05, 0.1) is 0 Å². The SMILES string of the molecule is Cc1ccc(CN(C(=O)CCC2CCNCC2)C2CC2)cc1C.Cl. The zero-order valence-corrected chi connectivity index (χ0v) is 15.8. The quantitative estimate of drug-likeness (QED) is 0.841. The molecule has 0 radical (unpaired) electrons. The van der Waals surface area contributed by atoms with Gasteiger partial charge in [-0.3, -0.25) is 4.79 Å². The van der Waals surface area contributed by atoms with Crippen LogP contribution in [0.1, 0.15) is 55.2 Å². The van der Waals surface area contributed by atoms with Gasteiger partial charge in [-0.05, 0) is 81.6 Å². The summed E-state index contributed by atoms with van der Waals surface area (Å²) in [6.07, 6.45) is 6.62. The van der Waals surface area contributed by atoms with E-state index in [0.29, 0.717) is 11.9 Å². The number of aryl methyl sites for hydroxylation is 2. The first kappa shape index (κ1) is 19.3. The third-order valence-electron chi connectivity index (χ3n) is 5.46. The first-order valence-electron chi connectivity index (χ1n) is 9.20. The maximum atomic E-state index is 12.7. The van der Waals surface area contributed by atoms with E-state index in [1.165, 1.54) is 42.4 Å². The second-order valence-corrected chi connectivity index (χ2v) is 7.40. The molecule has 1 aliphatic carbocycles. The molecule has 3 nitrogen and oxygen atoms in total. The highest BCUT2D eigenvalue weighted by Crippen LogP contribution is 2.30. The van der Waals surface area contributed by atoms with Gasteiger partial charge >= 0.3 is 0 Å².